The SMILES string of the molecule is Cc1cc2c(=O)n(CCN3CCNCC3)cnc2s1. The van der Waals surface area contributed by atoms with Crippen molar-refractivity contribution in [3.63, 3.8) is 0 Å². The predicted molar refractivity (Wildman–Crippen MR) is 77.9 cm³/mol. The molecular formula is C13H18N4OS. The Labute approximate surface area is 115 Å². The van der Waals surface area contributed by atoms with Crippen molar-refractivity contribution in [1.82, 2.24) is 19.8 Å². The molecule has 1 N–H and O–H groups in total. The number of rotatable bonds is 3. The second kappa shape index (κ2) is 5.40. The number of thiophene rings is 1. The van der Waals surface area contributed by atoms with Crippen molar-refractivity contribution in [2.45, 2.75) is 13.5 Å². The smallest absolute Gasteiger partial charge is 0.262 e. The molecule has 2 aromatic rings. The van der Waals surface area contributed by atoms with Crippen LogP contribution in [-0.2, 0) is 6.54 Å². The topological polar surface area (TPSA) is 50.2 Å². The van der Waals surface area contributed by atoms with E-state index in [2.05, 4.69) is 15.2 Å². The maximum absolute atomic E-state index is 12.3. The molecule has 0 aromatic carbocycles. The van der Waals surface area contributed by atoms with Gasteiger partial charge in [0.05, 0.1) is 11.7 Å². The standard InChI is InChI=1S/C13H18N4OS/c1-10-8-11-12(19-10)15-9-17(13(11)18)7-6-16-4-2-14-3-5-16/h8-9,14H,2-7H2,1H3. The van der Waals surface area contributed by atoms with Crippen molar-refractivity contribution in [2.24, 2.45) is 0 Å². The van der Waals surface area contributed by atoms with Gasteiger partial charge in [0, 0.05) is 44.1 Å². The van der Waals surface area contributed by atoms with Crippen LogP contribution < -0.4 is 10.9 Å². The van der Waals surface area contributed by atoms with Crippen molar-refractivity contribution in [2.75, 3.05) is 32.7 Å². The first-order valence-electron chi connectivity index (χ1n) is 6.63. The first-order chi connectivity index (χ1) is 9.24. The molecule has 1 saturated heterocycles. The van der Waals surface area contributed by atoms with Crippen LogP contribution in [0.2, 0.25) is 0 Å². The van der Waals surface area contributed by atoms with Crippen molar-refractivity contribution in [3.05, 3.63) is 27.6 Å². The second-order valence-electron chi connectivity index (χ2n) is 4.91. The molecule has 0 aliphatic carbocycles. The van der Waals surface area contributed by atoms with E-state index >= 15 is 0 Å². The van der Waals surface area contributed by atoms with E-state index in [1.165, 1.54) is 0 Å². The van der Waals surface area contributed by atoms with Crippen LogP contribution in [-0.4, -0.2) is 47.2 Å². The first kappa shape index (κ1) is 12.8. The maximum Gasteiger partial charge on any atom is 0.262 e. The fourth-order valence-corrected chi connectivity index (χ4v) is 3.26. The molecule has 0 bridgehead atoms. The average molecular weight is 278 g/mol. The van der Waals surface area contributed by atoms with Crippen molar-refractivity contribution in [3.8, 4) is 0 Å². The third kappa shape index (κ3) is 2.70. The van der Waals surface area contributed by atoms with Crippen LogP contribution in [0.4, 0.5) is 0 Å². The number of hydrogen-bond donors (Lipinski definition) is 1. The van der Waals surface area contributed by atoms with Gasteiger partial charge >= 0.3 is 0 Å². The Morgan fingerprint density at radius 2 is 2.16 bits per heavy atom. The molecule has 2 aromatic heterocycles. The molecular weight excluding hydrogens is 260 g/mol. The zero-order valence-electron chi connectivity index (χ0n) is 11.1. The monoisotopic (exact) mass is 278 g/mol. The molecule has 1 fully saturated rings. The summed E-state index contributed by atoms with van der Waals surface area (Å²) in [6.07, 6.45) is 1.68. The Morgan fingerprint density at radius 3 is 2.95 bits per heavy atom. The lowest BCUT2D eigenvalue weighted by atomic mass is 10.3. The molecule has 0 unspecified atom stereocenters. The molecule has 6 heteroatoms. The number of nitrogens with zero attached hydrogens (tertiary/aromatic N) is 3. The summed E-state index contributed by atoms with van der Waals surface area (Å²) in [6, 6.07) is 1.94. The Hall–Kier alpha value is -1.24. The quantitative estimate of drug-likeness (QED) is 0.896. The van der Waals surface area contributed by atoms with E-state index in [1.54, 1.807) is 22.2 Å². The van der Waals surface area contributed by atoms with Crippen LogP contribution in [0.15, 0.2) is 17.2 Å². The Bertz CT molecular complexity index is 627. The van der Waals surface area contributed by atoms with Crippen LogP contribution in [0.3, 0.4) is 0 Å². The predicted octanol–water partition coefficient (Wildman–Crippen LogP) is 0.672. The van der Waals surface area contributed by atoms with Gasteiger partial charge in [-0.1, -0.05) is 0 Å². The van der Waals surface area contributed by atoms with Gasteiger partial charge in [-0.25, -0.2) is 4.98 Å². The lowest BCUT2D eigenvalue weighted by molar-refractivity contribution is 0.231. The summed E-state index contributed by atoms with van der Waals surface area (Å²) >= 11 is 1.58. The van der Waals surface area contributed by atoms with Gasteiger partial charge in [0.25, 0.3) is 5.56 Å². The summed E-state index contributed by atoms with van der Waals surface area (Å²) in [7, 11) is 0. The molecule has 102 valence electrons. The van der Waals surface area contributed by atoms with Gasteiger partial charge in [-0.05, 0) is 13.0 Å². The van der Waals surface area contributed by atoms with Crippen LogP contribution in [0.1, 0.15) is 4.88 Å². The van der Waals surface area contributed by atoms with Gasteiger partial charge in [-0.15, -0.1) is 11.3 Å². The van der Waals surface area contributed by atoms with E-state index in [1.807, 2.05) is 13.0 Å². The van der Waals surface area contributed by atoms with Crippen LogP contribution >= 0.6 is 11.3 Å². The summed E-state index contributed by atoms with van der Waals surface area (Å²) in [5.74, 6) is 0. The maximum atomic E-state index is 12.3. The third-order valence-corrected chi connectivity index (χ3v) is 4.47. The fourth-order valence-electron chi connectivity index (χ4n) is 2.42. The van der Waals surface area contributed by atoms with Gasteiger partial charge < -0.3 is 5.32 Å². The number of piperazine rings is 1. The molecule has 3 rings (SSSR count). The van der Waals surface area contributed by atoms with E-state index in [0.29, 0.717) is 0 Å². The third-order valence-electron chi connectivity index (χ3n) is 3.51. The second-order valence-corrected chi connectivity index (χ2v) is 6.15. The van der Waals surface area contributed by atoms with Gasteiger partial charge in [0.2, 0.25) is 0 Å². The minimum absolute atomic E-state index is 0.0875. The van der Waals surface area contributed by atoms with Gasteiger partial charge in [-0.3, -0.25) is 14.3 Å². The minimum atomic E-state index is 0.0875. The van der Waals surface area contributed by atoms with Crippen LogP contribution in [0.5, 0.6) is 0 Å². The summed E-state index contributed by atoms with van der Waals surface area (Å²) in [5.41, 5.74) is 0.0875. The summed E-state index contributed by atoms with van der Waals surface area (Å²) < 4.78 is 1.73. The summed E-state index contributed by atoms with van der Waals surface area (Å²) in [5, 5.41) is 4.08. The highest BCUT2D eigenvalue weighted by Crippen LogP contribution is 2.19. The van der Waals surface area contributed by atoms with E-state index in [0.717, 1.165) is 54.4 Å². The summed E-state index contributed by atoms with van der Waals surface area (Å²) in [6.45, 7) is 7.83. The minimum Gasteiger partial charge on any atom is -0.314 e. The number of nitrogens with one attached hydrogen (secondary N) is 1. The number of fused-ring (bicyclic) bond motifs is 1. The fraction of sp³-hybridized carbons (Fsp3) is 0.538. The van der Waals surface area contributed by atoms with E-state index in [4.69, 9.17) is 0 Å². The molecule has 0 saturated carbocycles. The van der Waals surface area contributed by atoms with Gasteiger partial charge in [-0.2, -0.15) is 0 Å². The zero-order valence-corrected chi connectivity index (χ0v) is 11.9. The molecule has 0 atom stereocenters. The first-order valence-corrected chi connectivity index (χ1v) is 7.44. The average Bonchev–Trinajstić information content (AvgIpc) is 2.81. The molecule has 3 heterocycles. The molecule has 1 aliphatic rings. The molecule has 0 amide bonds. The lowest BCUT2D eigenvalue weighted by Gasteiger charge is -2.27. The van der Waals surface area contributed by atoms with E-state index < -0.39 is 0 Å². The van der Waals surface area contributed by atoms with Crippen LogP contribution in [0, 0.1) is 6.92 Å². The normalized spacial score (nSPS) is 17.1. The van der Waals surface area contributed by atoms with Crippen molar-refractivity contribution in [1.29, 1.82) is 0 Å². The molecule has 0 spiro atoms. The molecule has 5 nitrogen and oxygen atoms in total. The zero-order chi connectivity index (χ0) is 13.2. The highest BCUT2D eigenvalue weighted by atomic mass is 32.1. The molecule has 19 heavy (non-hydrogen) atoms. The largest absolute Gasteiger partial charge is 0.314 e. The van der Waals surface area contributed by atoms with Gasteiger partial charge in [0.15, 0.2) is 0 Å². The van der Waals surface area contributed by atoms with E-state index in [-0.39, 0.29) is 5.56 Å². The Balaban J connectivity index is 1.77. The molecule has 0 radical (unpaired) electrons. The van der Waals surface area contributed by atoms with Gasteiger partial charge in [0.1, 0.15) is 4.83 Å². The Kier molecular flexibility index (Phi) is 3.63. The van der Waals surface area contributed by atoms with Crippen molar-refractivity contribution < 1.29 is 0 Å². The van der Waals surface area contributed by atoms with Crippen LogP contribution in [0.25, 0.3) is 10.2 Å². The highest BCUT2D eigenvalue weighted by Gasteiger charge is 2.11. The lowest BCUT2D eigenvalue weighted by Crippen LogP contribution is -2.45. The number of aryl methyl sites for hydroxylation is 1. The number of aromatic nitrogens is 2. The van der Waals surface area contributed by atoms with E-state index in [9.17, 15) is 4.79 Å². The Morgan fingerprint density at radius 1 is 1.37 bits per heavy atom. The highest BCUT2D eigenvalue weighted by molar-refractivity contribution is 7.18. The van der Waals surface area contributed by atoms with Crippen molar-refractivity contribution >= 4 is 21.6 Å². The summed E-state index contributed by atoms with van der Waals surface area (Å²) in [4.78, 5) is 21.1. The number of hydrogen-bond acceptors (Lipinski definition) is 5. The molecule has 1 aliphatic heterocycles.